The first-order valence-electron chi connectivity index (χ1n) is 7.21. The van der Waals surface area contributed by atoms with E-state index in [1.54, 1.807) is 7.11 Å². The highest BCUT2D eigenvalue weighted by molar-refractivity contribution is 4.67. The average molecular weight is 243 g/mol. The molecule has 3 heteroatoms. The van der Waals surface area contributed by atoms with E-state index in [1.807, 2.05) is 0 Å². The minimum Gasteiger partial charge on any atom is -0.382 e. The summed E-state index contributed by atoms with van der Waals surface area (Å²) in [7, 11) is 1.71. The van der Waals surface area contributed by atoms with Crippen LogP contribution in [0.15, 0.2) is 0 Å². The molecule has 0 saturated heterocycles. The van der Waals surface area contributed by atoms with Gasteiger partial charge in [0.2, 0.25) is 0 Å². The van der Waals surface area contributed by atoms with Crippen molar-refractivity contribution >= 4 is 0 Å². The van der Waals surface area contributed by atoms with Crippen molar-refractivity contribution in [3.05, 3.63) is 0 Å². The molecule has 17 heavy (non-hydrogen) atoms. The Labute approximate surface area is 106 Å². The molecule has 102 valence electrons. The molecule has 0 aliphatic heterocycles. The molecule has 1 saturated carbocycles. The Morgan fingerprint density at radius 2 is 1.82 bits per heavy atom. The second kappa shape index (κ2) is 11.0. The molecule has 0 atom stereocenters. The molecule has 0 aromatic rings. The van der Waals surface area contributed by atoms with E-state index < -0.39 is 0 Å². The second-order valence-corrected chi connectivity index (χ2v) is 5.02. The van der Waals surface area contributed by atoms with Gasteiger partial charge in [-0.25, -0.2) is 0 Å². The van der Waals surface area contributed by atoms with Crippen molar-refractivity contribution < 1.29 is 9.47 Å². The summed E-state index contributed by atoms with van der Waals surface area (Å²) in [6.45, 7) is 4.68. The minimum absolute atomic E-state index is 0.708. The predicted octanol–water partition coefficient (Wildman–Crippen LogP) is 2.60. The molecule has 0 spiro atoms. The summed E-state index contributed by atoms with van der Waals surface area (Å²) in [6, 6.07) is 0. The summed E-state index contributed by atoms with van der Waals surface area (Å²) in [5.74, 6) is 0.946. The molecule has 1 aliphatic carbocycles. The van der Waals surface area contributed by atoms with Crippen molar-refractivity contribution in [3.63, 3.8) is 0 Å². The Morgan fingerprint density at radius 1 is 1.00 bits per heavy atom. The highest BCUT2D eigenvalue weighted by Crippen LogP contribution is 2.22. The lowest BCUT2D eigenvalue weighted by Gasteiger charge is -2.21. The Kier molecular flexibility index (Phi) is 9.66. The number of unbranched alkanes of at least 4 members (excludes halogenated alkanes) is 1. The first-order chi connectivity index (χ1) is 8.43. The fourth-order valence-corrected chi connectivity index (χ4v) is 2.40. The van der Waals surface area contributed by atoms with Gasteiger partial charge in [-0.15, -0.1) is 0 Å². The van der Waals surface area contributed by atoms with Crippen LogP contribution >= 0.6 is 0 Å². The Hall–Kier alpha value is -0.120. The van der Waals surface area contributed by atoms with Crippen molar-refractivity contribution in [1.82, 2.24) is 5.32 Å². The Morgan fingerprint density at radius 3 is 2.59 bits per heavy atom. The zero-order valence-corrected chi connectivity index (χ0v) is 11.4. The minimum atomic E-state index is 0.708. The van der Waals surface area contributed by atoms with Gasteiger partial charge in [-0.05, 0) is 44.7 Å². The quantitative estimate of drug-likeness (QED) is 0.598. The van der Waals surface area contributed by atoms with Gasteiger partial charge in [0.05, 0.1) is 13.2 Å². The monoisotopic (exact) mass is 243 g/mol. The summed E-state index contributed by atoms with van der Waals surface area (Å²) in [5, 5.41) is 3.58. The second-order valence-electron chi connectivity index (χ2n) is 5.02. The third kappa shape index (κ3) is 8.58. The molecular formula is C14H29NO2. The number of hydrogen-bond acceptors (Lipinski definition) is 3. The fraction of sp³-hybridized carbons (Fsp3) is 1.00. The van der Waals surface area contributed by atoms with Gasteiger partial charge in [0, 0.05) is 13.7 Å². The van der Waals surface area contributed by atoms with E-state index in [2.05, 4.69) is 5.32 Å². The van der Waals surface area contributed by atoms with Crippen LogP contribution < -0.4 is 5.32 Å². The van der Waals surface area contributed by atoms with E-state index in [-0.39, 0.29) is 0 Å². The van der Waals surface area contributed by atoms with E-state index in [4.69, 9.17) is 9.47 Å². The molecule has 0 bridgehead atoms. The van der Waals surface area contributed by atoms with Gasteiger partial charge in [0.15, 0.2) is 0 Å². The number of ether oxygens (including phenoxy) is 2. The molecule has 0 aromatic heterocycles. The van der Waals surface area contributed by atoms with E-state index >= 15 is 0 Å². The molecule has 0 unspecified atom stereocenters. The van der Waals surface area contributed by atoms with Gasteiger partial charge in [-0.2, -0.15) is 0 Å². The van der Waals surface area contributed by atoms with Crippen LogP contribution in [0.4, 0.5) is 0 Å². The smallest absolute Gasteiger partial charge is 0.0700 e. The molecule has 1 N–H and O–H groups in total. The van der Waals surface area contributed by atoms with Crippen LogP contribution in [0, 0.1) is 5.92 Å². The molecular weight excluding hydrogens is 214 g/mol. The lowest BCUT2D eigenvalue weighted by molar-refractivity contribution is 0.0688. The first-order valence-corrected chi connectivity index (χ1v) is 7.21. The lowest BCUT2D eigenvalue weighted by Crippen LogP contribution is -2.25. The van der Waals surface area contributed by atoms with Crippen LogP contribution in [0.25, 0.3) is 0 Å². The number of nitrogens with one attached hydrogen (secondary N) is 1. The maximum Gasteiger partial charge on any atom is 0.0700 e. The number of rotatable bonds is 10. The van der Waals surface area contributed by atoms with Gasteiger partial charge < -0.3 is 14.8 Å². The van der Waals surface area contributed by atoms with Gasteiger partial charge in [-0.1, -0.05) is 19.3 Å². The Bertz CT molecular complexity index is 158. The lowest BCUT2D eigenvalue weighted by atomic mass is 9.89. The molecule has 0 heterocycles. The van der Waals surface area contributed by atoms with Crippen molar-refractivity contribution in [2.75, 3.05) is 40.0 Å². The van der Waals surface area contributed by atoms with Crippen LogP contribution in [0.3, 0.4) is 0 Å². The number of hydrogen-bond donors (Lipinski definition) is 1. The molecule has 0 aromatic carbocycles. The fourth-order valence-electron chi connectivity index (χ4n) is 2.40. The maximum atomic E-state index is 5.42. The van der Waals surface area contributed by atoms with Crippen molar-refractivity contribution in [2.24, 2.45) is 5.92 Å². The van der Waals surface area contributed by atoms with Gasteiger partial charge in [0.25, 0.3) is 0 Å². The van der Waals surface area contributed by atoms with Crippen LogP contribution in [-0.2, 0) is 9.47 Å². The van der Waals surface area contributed by atoms with Crippen LogP contribution in [0.2, 0.25) is 0 Å². The molecule has 3 nitrogen and oxygen atoms in total. The van der Waals surface area contributed by atoms with E-state index in [1.165, 1.54) is 45.1 Å². The summed E-state index contributed by atoms with van der Waals surface area (Å²) in [5.41, 5.74) is 0. The third-order valence-corrected chi connectivity index (χ3v) is 3.48. The maximum absolute atomic E-state index is 5.42. The Balaban J connectivity index is 1.75. The average Bonchev–Trinajstić information content (AvgIpc) is 2.38. The van der Waals surface area contributed by atoms with Crippen molar-refractivity contribution in [3.8, 4) is 0 Å². The summed E-state index contributed by atoms with van der Waals surface area (Å²) >= 11 is 0. The first kappa shape index (κ1) is 14.9. The molecule has 1 fully saturated rings. The molecule has 1 aliphatic rings. The van der Waals surface area contributed by atoms with Crippen molar-refractivity contribution in [1.29, 1.82) is 0 Å². The SMILES string of the molecule is COCCOCCCCNCC1CCCCC1. The topological polar surface area (TPSA) is 30.5 Å². The summed E-state index contributed by atoms with van der Waals surface area (Å²) in [6.07, 6.45) is 9.59. The van der Waals surface area contributed by atoms with Crippen LogP contribution in [0.1, 0.15) is 44.9 Å². The van der Waals surface area contributed by atoms with E-state index in [0.717, 1.165) is 32.1 Å². The highest BCUT2D eigenvalue weighted by Gasteiger charge is 2.11. The van der Waals surface area contributed by atoms with E-state index in [0.29, 0.717) is 6.61 Å². The normalized spacial score (nSPS) is 17.5. The predicted molar refractivity (Wildman–Crippen MR) is 71.4 cm³/mol. The molecule has 0 radical (unpaired) electrons. The zero-order chi connectivity index (χ0) is 12.2. The number of methoxy groups -OCH3 is 1. The van der Waals surface area contributed by atoms with Gasteiger partial charge in [-0.3, -0.25) is 0 Å². The zero-order valence-electron chi connectivity index (χ0n) is 11.4. The highest BCUT2D eigenvalue weighted by atomic mass is 16.5. The standard InChI is InChI=1S/C14H29NO2/c1-16-11-12-17-10-6-5-9-15-13-14-7-3-2-4-8-14/h14-15H,2-13H2,1H3. The molecule has 0 amide bonds. The van der Waals surface area contributed by atoms with Gasteiger partial charge in [0.1, 0.15) is 0 Å². The van der Waals surface area contributed by atoms with Crippen LogP contribution in [-0.4, -0.2) is 40.0 Å². The van der Waals surface area contributed by atoms with E-state index in [9.17, 15) is 0 Å². The van der Waals surface area contributed by atoms with Crippen LogP contribution in [0.5, 0.6) is 0 Å². The third-order valence-electron chi connectivity index (χ3n) is 3.48. The molecule has 1 rings (SSSR count). The summed E-state index contributed by atoms with van der Waals surface area (Å²) < 4.78 is 10.3. The summed E-state index contributed by atoms with van der Waals surface area (Å²) in [4.78, 5) is 0. The van der Waals surface area contributed by atoms with Crippen molar-refractivity contribution in [2.45, 2.75) is 44.9 Å². The van der Waals surface area contributed by atoms with Gasteiger partial charge >= 0.3 is 0 Å². The largest absolute Gasteiger partial charge is 0.382 e.